The lowest BCUT2D eigenvalue weighted by molar-refractivity contribution is -0.157. The predicted octanol–water partition coefficient (Wildman–Crippen LogP) is 2.58. The molecule has 1 aliphatic rings. The zero-order chi connectivity index (χ0) is 16.9. The molecule has 3 N–H and O–H groups in total. The van der Waals surface area contributed by atoms with Gasteiger partial charge in [-0.1, -0.05) is 6.07 Å². The van der Waals surface area contributed by atoms with E-state index in [1.54, 1.807) is 6.07 Å². The molecule has 6 heteroatoms. The molecule has 1 aliphatic heterocycles. The summed E-state index contributed by atoms with van der Waals surface area (Å²) >= 11 is 0. The Balaban J connectivity index is 1.89. The fraction of sp³-hybridized carbons (Fsp3) is 0.588. The van der Waals surface area contributed by atoms with Gasteiger partial charge in [-0.25, -0.2) is 4.79 Å². The number of hydrogen-bond acceptors (Lipinski definition) is 6. The normalized spacial score (nSPS) is 17.8. The average Bonchev–Trinajstić information content (AvgIpc) is 2.96. The van der Waals surface area contributed by atoms with Crippen molar-refractivity contribution in [3.63, 3.8) is 0 Å². The summed E-state index contributed by atoms with van der Waals surface area (Å²) in [6.07, 6.45) is 2.38. The Morgan fingerprint density at radius 2 is 2.22 bits per heavy atom. The summed E-state index contributed by atoms with van der Waals surface area (Å²) in [7, 11) is 0. The van der Waals surface area contributed by atoms with Crippen LogP contribution in [0.25, 0.3) is 0 Å². The molecule has 1 saturated heterocycles. The topological polar surface area (TPSA) is 82.8 Å². The molecule has 0 radical (unpaired) electrons. The highest BCUT2D eigenvalue weighted by molar-refractivity contribution is 5.75. The molecule has 1 atom stereocenters. The third-order valence-corrected chi connectivity index (χ3v) is 3.38. The Bertz CT molecular complexity index is 534. The van der Waals surface area contributed by atoms with Gasteiger partial charge < -0.3 is 25.3 Å². The lowest BCUT2D eigenvalue weighted by Gasteiger charge is -2.20. The number of benzene rings is 1. The van der Waals surface area contributed by atoms with Crippen molar-refractivity contribution in [2.75, 3.05) is 30.8 Å². The van der Waals surface area contributed by atoms with Gasteiger partial charge in [-0.05, 0) is 45.7 Å². The van der Waals surface area contributed by atoms with Gasteiger partial charge in [0.1, 0.15) is 11.4 Å². The van der Waals surface area contributed by atoms with Gasteiger partial charge in [0.2, 0.25) is 0 Å². The molecule has 23 heavy (non-hydrogen) atoms. The molecular formula is C17H26N2O4. The second-order valence-corrected chi connectivity index (χ2v) is 6.61. The number of nitrogen functional groups attached to an aromatic ring is 1. The van der Waals surface area contributed by atoms with Gasteiger partial charge in [0.25, 0.3) is 0 Å². The summed E-state index contributed by atoms with van der Waals surface area (Å²) in [5.74, 6) is 0.0443. The number of para-hydroxylation sites is 1. The lowest BCUT2D eigenvalue weighted by Crippen LogP contribution is -2.27. The third kappa shape index (κ3) is 5.63. The predicted molar refractivity (Wildman–Crippen MR) is 89.7 cm³/mol. The van der Waals surface area contributed by atoms with Gasteiger partial charge in [-0.3, -0.25) is 0 Å². The summed E-state index contributed by atoms with van der Waals surface area (Å²) < 4.78 is 16.3. The number of nitrogens with two attached hydrogens (primary N) is 1. The number of carbonyl (C=O) groups is 1. The molecule has 0 spiro atoms. The average molecular weight is 322 g/mol. The molecule has 128 valence electrons. The SMILES string of the molecule is CC(C)(C)OC(=O)COc1cccc(NCC2CCCO2)c1N. The summed E-state index contributed by atoms with van der Waals surface area (Å²) in [5.41, 5.74) is 6.83. The second kappa shape index (κ2) is 7.55. The summed E-state index contributed by atoms with van der Waals surface area (Å²) in [4.78, 5) is 11.7. The molecule has 0 aliphatic carbocycles. The number of hydrogen-bond donors (Lipinski definition) is 2. The maximum Gasteiger partial charge on any atom is 0.344 e. The molecule has 1 aromatic rings. The van der Waals surface area contributed by atoms with Crippen LogP contribution in [0.1, 0.15) is 33.6 Å². The monoisotopic (exact) mass is 322 g/mol. The summed E-state index contributed by atoms with van der Waals surface area (Å²) in [6.45, 7) is 6.80. The number of anilines is 2. The van der Waals surface area contributed by atoms with Crippen LogP contribution >= 0.6 is 0 Å². The third-order valence-electron chi connectivity index (χ3n) is 3.38. The van der Waals surface area contributed by atoms with Crippen molar-refractivity contribution in [2.24, 2.45) is 0 Å². The molecule has 6 nitrogen and oxygen atoms in total. The first kappa shape index (κ1) is 17.4. The van der Waals surface area contributed by atoms with Crippen LogP contribution < -0.4 is 15.8 Å². The van der Waals surface area contributed by atoms with Gasteiger partial charge in [0, 0.05) is 13.2 Å². The van der Waals surface area contributed by atoms with E-state index >= 15 is 0 Å². The van der Waals surface area contributed by atoms with Crippen LogP contribution in [0.15, 0.2) is 18.2 Å². The van der Waals surface area contributed by atoms with Crippen LogP contribution in [0.5, 0.6) is 5.75 Å². The Kier molecular flexibility index (Phi) is 5.71. The van der Waals surface area contributed by atoms with E-state index in [4.69, 9.17) is 19.9 Å². The fourth-order valence-electron chi connectivity index (χ4n) is 2.36. The molecular weight excluding hydrogens is 296 g/mol. The first-order valence-corrected chi connectivity index (χ1v) is 7.94. The van der Waals surface area contributed by atoms with Crippen LogP contribution in [-0.4, -0.2) is 37.4 Å². The molecule has 0 saturated carbocycles. The van der Waals surface area contributed by atoms with Crippen LogP contribution in [0, 0.1) is 0 Å². The first-order valence-electron chi connectivity index (χ1n) is 7.94. The fourth-order valence-corrected chi connectivity index (χ4v) is 2.36. The Labute approximate surface area is 137 Å². The van der Waals surface area contributed by atoms with E-state index < -0.39 is 11.6 Å². The van der Waals surface area contributed by atoms with Crippen LogP contribution in [0.3, 0.4) is 0 Å². The molecule has 0 amide bonds. The number of carbonyl (C=O) groups excluding carboxylic acids is 1. The minimum atomic E-state index is -0.531. The minimum Gasteiger partial charge on any atom is -0.480 e. The molecule has 1 unspecified atom stereocenters. The molecule has 1 fully saturated rings. The van der Waals surface area contributed by atoms with E-state index in [1.807, 2.05) is 32.9 Å². The van der Waals surface area contributed by atoms with E-state index in [1.165, 1.54) is 0 Å². The van der Waals surface area contributed by atoms with Gasteiger partial charge in [-0.2, -0.15) is 0 Å². The summed E-state index contributed by atoms with van der Waals surface area (Å²) in [5, 5.41) is 3.27. The number of esters is 1. The lowest BCUT2D eigenvalue weighted by atomic mass is 10.2. The van der Waals surface area contributed by atoms with Gasteiger partial charge in [-0.15, -0.1) is 0 Å². The zero-order valence-corrected chi connectivity index (χ0v) is 14.1. The minimum absolute atomic E-state index is 0.170. The second-order valence-electron chi connectivity index (χ2n) is 6.61. The van der Waals surface area contributed by atoms with Crippen molar-refractivity contribution in [1.29, 1.82) is 0 Å². The van der Waals surface area contributed by atoms with E-state index in [9.17, 15) is 4.79 Å². The molecule has 2 rings (SSSR count). The van der Waals surface area contributed by atoms with E-state index in [2.05, 4.69) is 5.32 Å². The maximum atomic E-state index is 11.7. The van der Waals surface area contributed by atoms with Crippen molar-refractivity contribution in [3.05, 3.63) is 18.2 Å². The van der Waals surface area contributed by atoms with Crippen LogP contribution in [0.2, 0.25) is 0 Å². The number of nitrogens with one attached hydrogen (secondary N) is 1. The van der Waals surface area contributed by atoms with E-state index in [0.717, 1.165) is 25.1 Å². The van der Waals surface area contributed by atoms with Crippen molar-refractivity contribution in [2.45, 2.75) is 45.3 Å². The van der Waals surface area contributed by atoms with Crippen molar-refractivity contribution in [3.8, 4) is 5.75 Å². The molecule has 1 heterocycles. The maximum absolute atomic E-state index is 11.7. The van der Waals surface area contributed by atoms with Crippen molar-refractivity contribution >= 4 is 17.3 Å². The first-order chi connectivity index (χ1) is 10.8. The largest absolute Gasteiger partial charge is 0.480 e. The molecule has 0 aromatic heterocycles. The van der Waals surface area contributed by atoms with Crippen LogP contribution in [-0.2, 0) is 14.3 Å². The Morgan fingerprint density at radius 1 is 1.43 bits per heavy atom. The smallest absolute Gasteiger partial charge is 0.344 e. The Hall–Kier alpha value is -1.95. The van der Waals surface area contributed by atoms with Gasteiger partial charge in [0.15, 0.2) is 6.61 Å². The van der Waals surface area contributed by atoms with E-state index in [-0.39, 0.29) is 12.7 Å². The highest BCUT2D eigenvalue weighted by atomic mass is 16.6. The molecule has 0 bridgehead atoms. The zero-order valence-electron chi connectivity index (χ0n) is 14.1. The Morgan fingerprint density at radius 3 is 2.87 bits per heavy atom. The highest BCUT2D eigenvalue weighted by Gasteiger charge is 2.18. The standard InChI is InChI=1S/C17H26N2O4/c1-17(2,3)23-15(20)11-22-14-8-4-7-13(16(14)18)19-10-12-6-5-9-21-12/h4,7-8,12,19H,5-6,9-11,18H2,1-3H3. The number of ether oxygens (including phenoxy) is 3. The van der Waals surface area contributed by atoms with Gasteiger partial charge >= 0.3 is 5.97 Å². The summed E-state index contributed by atoms with van der Waals surface area (Å²) in [6, 6.07) is 5.44. The quantitative estimate of drug-likeness (QED) is 0.619. The van der Waals surface area contributed by atoms with Crippen molar-refractivity contribution < 1.29 is 19.0 Å². The van der Waals surface area contributed by atoms with E-state index in [0.29, 0.717) is 18.0 Å². The highest BCUT2D eigenvalue weighted by Crippen LogP contribution is 2.29. The van der Waals surface area contributed by atoms with Crippen LogP contribution in [0.4, 0.5) is 11.4 Å². The number of rotatable bonds is 6. The van der Waals surface area contributed by atoms with Gasteiger partial charge in [0.05, 0.1) is 17.5 Å². The van der Waals surface area contributed by atoms with Crippen molar-refractivity contribution in [1.82, 2.24) is 0 Å². The molecule has 1 aromatic carbocycles.